The van der Waals surface area contributed by atoms with E-state index in [1.807, 2.05) is 11.9 Å². The monoisotopic (exact) mass is 214 g/mol. The van der Waals surface area contributed by atoms with E-state index in [-0.39, 0.29) is 5.91 Å². The van der Waals surface area contributed by atoms with E-state index in [2.05, 4.69) is 25.7 Å². The van der Waals surface area contributed by atoms with Gasteiger partial charge in [0.1, 0.15) is 0 Å². The van der Waals surface area contributed by atoms with Crippen LogP contribution in [0.15, 0.2) is 0 Å². The molecule has 0 aliphatic rings. The number of amides is 1. The highest BCUT2D eigenvalue weighted by atomic mass is 16.2. The second-order valence-electron chi connectivity index (χ2n) is 3.95. The van der Waals surface area contributed by atoms with Gasteiger partial charge in [-0.25, -0.2) is 0 Å². The number of unbranched alkanes of at least 4 members (excludes halogenated alkanes) is 1. The largest absolute Gasteiger partial charge is 0.346 e. The Morgan fingerprint density at radius 1 is 1.07 bits per heavy atom. The lowest BCUT2D eigenvalue weighted by molar-refractivity contribution is -0.130. The van der Waals surface area contributed by atoms with Gasteiger partial charge in [0.15, 0.2) is 0 Å². The van der Waals surface area contributed by atoms with Gasteiger partial charge < -0.3 is 9.80 Å². The number of hydrogen-bond acceptors (Lipinski definition) is 2. The molecule has 0 aliphatic heterocycles. The molecule has 0 bridgehead atoms. The molecule has 1 amide bonds. The molecule has 0 aromatic rings. The van der Waals surface area contributed by atoms with Crippen LogP contribution < -0.4 is 0 Å². The van der Waals surface area contributed by atoms with Gasteiger partial charge in [-0.2, -0.15) is 0 Å². The molecular formula is C12H26N2O. The van der Waals surface area contributed by atoms with E-state index in [0.29, 0.717) is 6.42 Å². The molecule has 90 valence electrons. The second kappa shape index (κ2) is 8.72. The van der Waals surface area contributed by atoms with Crippen molar-refractivity contribution in [3.8, 4) is 0 Å². The first-order chi connectivity index (χ1) is 7.15. The molecule has 0 atom stereocenters. The Labute approximate surface area is 94.4 Å². The van der Waals surface area contributed by atoms with Crippen LogP contribution in [0.25, 0.3) is 0 Å². The van der Waals surface area contributed by atoms with Crippen LogP contribution in [-0.2, 0) is 4.79 Å². The third-order valence-electron chi connectivity index (χ3n) is 2.81. The molecular weight excluding hydrogens is 188 g/mol. The van der Waals surface area contributed by atoms with E-state index in [0.717, 1.165) is 39.0 Å². The van der Waals surface area contributed by atoms with E-state index in [1.54, 1.807) is 0 Å². The number of hydrogen-bond donors (Lipinski definition) is 0. The molecule has 0 aromatic heterocycles. The zero-order chi connectivity index (χ0) is 11.7. The first-order valence-corrected chi connectivity index (χ1v) is 6.11. The molecule has 0 saturated carbocycles. The van der Waals surface area contributed by atoms with Gasteiger partial charge in [0.2, 0.25) is 5.91 Å². The van der Waals surface area contributed by atoms with E-state index >= 15 is 0 Å². The van der Waals surface area contributed by atoms with Crippen molar-refractivity contribution < 1.29 is 4.79 Å². The molecule has 15 heavy (non-hydrogen) atoms. The Hall–Kier alpha value is -0.570. The molecule has 0 spiro atoms. The topological polar surface area (TPSA) is 23.6 Å². The standard InChI is InChI=1S/C12H26N2O/c1-5-8-10-13(4)12(15)9-11-14(6-2)7-3/h5-11H2,1-4H3. The van der Waals surface area contributed by atoms with Crippen molar-refractivity contribution in [3.05, 3.63) is 0 Å². The summed E-state index contributed by atoms with van der Waals surface area (Å²) in [5.74, 6) is 0.273. The number of carbonyl (C=O) groups excluding carboxylic acids is 1. The molecule has 0 fully saturated rings. The zero-order valence-electron chi connectivity index (χ0n) is 10.8. The van der Waals surface area contributed by atoms with E-state index in [9.17, 15) is 4.79 Å². The van der Waals surface area contributed by atoms with E-state index in [1.165, 1.54) is 0 Å². The quantitative estimate of drug-likeness (QED) is 0.617. The number of carbonyl (C=O) groups is 1. The maximum atomic E-state index is 11.7. The van der Waals surface area contributed by atoms with Crippen LogP contribution in [-0.4, -0.2) is 48.9 Å². The Bertz CT molecular complexity index is 167. The first-order valence-electron chi connectivity index (χ1n) is 6.11. The van der Waals surface area contributed by atoms with Crippen molar-refractivity contribution in [2.75, 3.05) is 33.2 Å². The third kappa shape index (κ3) is 6.50. The van der Waals surface area contributed by atoms with Gasteiger partial charge in [-0.1, -0.05) is 27.2 Å². The highest BCUT2D eigenvalue weighted by Crippen LogP contribution is 1.98. The lowest BCUT2D eigenvalue weighted by Crippen LogP contribution is -2.32. The highest BCUT2D eigenvalue weighted by molar-refractivity contribution is 5.76. The van der Waals surface area contributed by atoms with Crippen molar-refractivity contribution in [1.29, 1.82) is 0 Å². The third-order valence-corrected chi connectivity index (χ3v) is 2.81. The van der Waals surface area contributed by atoms with Gasteiger partial charge >= 0.3 is 0 Å². The van der Waals surface area contributed by atoms with Crippen LogP contribution in [0.3, 0.4) is 0 Å². The van der Waals surface area contributed by atoms with E-state index in [4.69, 9.17) is 0 Å². The van der Waals surface area contributed by atoms with Crippen LogP contribution in [0.5, 0.6) is 0 Å². The minimum absolute atomic E-state index is 0.273. The molecule has 3 nitrogen and oxygen atoms in total. The number of rotatable bonds is 8. The summed E-state index contributed by atoms with van der Waals surface area (Å²) in [6.45, 7) is 10.3. The lowest BCUT2D eigenvalue weighted by Gasteiger charge is -2.21. The molecule has 3 heteroatoms. The van der Waals surface area contributed by atoms with Crippen molar-refractivity contribution >= 4 is 5.91 Å². The second-order valence-corrected chi connectivity index (χ2v) is 3.95. The molecule has 0 radical (unpaired) electrons. The minimum atomic E-state index is 0.273. The fraction of sp³-hybridized carbons (Fsp3) is 0.917. The first kappa shape index (κ1) is 14.4. The summed E-state index contributed by atoms with van der Waals surface area (Å²) in [6, 6.07) is 0. The number of nitrogens with zero attached hydrogens (tertiary/aromatic N) is 2. The lowest BCUT2D eigenvalue weighted by atomic mass is 10.3. The summed E-state index contributed by atoms with van der Waals surface area (Å²) in [5.41, 5.74) is 0. The smallest absolute Gasteiger partial charge is 0.223 e. The Morgan fingerprint density at radius 3 is 2.13 bits per heavy atom. The minimum Gasteiger partial charge on any atom is -0.346 e. The van der Waals surface area contributed by atoms with Crippen molar-refractivity contribution in [2.24, 2.45) is 0 Å². The van der Waals surface area contributed by atoms with Crippen LogP contribution in [0.4, 0.5) is 0 Å². The van der Waals surface area contributed by atoms with Crippen molar-refractivity contribution in [3.63, 3.8) is 0 Å². The average molecular weight is 214 g/mol. The van der Waals surface area contributed by atoms with Crippen LogP contribution in [0, 0.1) is 0 Å². The Kier molecular flexibility index (Phi) is 8.38. The molecule has 0 unspecified atom stereocenters. The highest BCUT2D eigenvalue weighted by Gasteiger charge is 2.09. The molecule has 0 N–H and O–H groups in total. The molecule has 0 aliphatic carbocycles. The summed E-state index contributed by atoms with van der Waals surface area (Å²) >= 11 is 0. The SMILES string of the molecule is CCCCN(C)C(=O)CCN(CC)CC. The van der Waals surface area contributed by atoms with Gasteiger partial charge in [0.25, 0.3) is 0 Å². The van der Waals surface area contributed by atoms with Gasteiger partial charge in [-0.3, -0.25) is 4.79 Å². The molecule has 0 rings (SSSR count). The maximum absolute atomic E-state index is 11.7. The van der Waals surface area contributed by atoms with Gasteiger partial charge in [0, 0.05) is 26.6 Å². The normalized spacial score (nSPS) is 10.7. The zero-order valence-corrected chi connectivity index (χ0v) is 10.8. The summed E-state index contributed by atoms with van der Waals surface area (Å²) < 4.78 is 0. The van der Waals surface area contributed by atoms with Crippen molar-refractivity contribution in [1.82, 2.24) is 9.80 Å². The van der Waals surface area contributed by atoms with Crippen molar-refractivity contribution in [2.45, 2.75) is 40.0 Å². The van der Waals surface area contributed by atoms with Crippen LogP contribution in [0.1, 0.15) is 40.0 Å². The summed E-state index contributed by atoms with van der Waals surface area (Å²) in [6.07, 6.45) is 2.91. The summed E-state index contributed by atoms with van der Waals surface area (Å²) in [7, 11) is 1.90. The van der Waals surface area contributed by atoms with Crippen LogP contribution >= 0.6 is 0 Å². The van der Waals surface area contributed by atoms with Gasteiger partial charge in [0.05, 0.1) is 0 Å². The Morgan fingerprint density at radius 2 is 1.67 bits per heavy atom. The molecule has 0 heterocycles. The maximum Gasteiger partial charge on any atom is 0.223 e. The fourth-order valence-corrected chi connectivity index (χ4v) is 1.50. The molecule has 0 saturated heterocycles. The van der Waals surface area contributed by atoms with E-state index < -0.39 is 0 Å². The fourth-order valence-electron chi connectivity index (χ4n) is 1.50. The molecule has 0 aromatic carbocycles. The van der Waals surface area contributed by atoms with Gasteiger partial charge in [-0.15, -0.1) is 0 Å². The van der Waals surface area contributed by atoms with Gasteiger partial charge in [-0.05, 0) is 19.5 Å². The predicted molar refractivity (Wildman–Crippen MR) is 65.0 cm³/mol. The summed E-state index contributed by atoms with van der Waals surface area (Å²) in [4.78, 5) is 15.8. The van der Waals surface area contributed by atoms with Crippen LogP contribution in [0.2, 0.25) is 0 Å². The summed E-state index contributed by atoms with van der Waals surface area (Å²) in [5, 5.41) is 0. The Balaban J connectivity index is 3.71. The predicted octanol–water partition coefficient (Wildman–Crippen LogP) is 1.98. The average Bonchev–Trinajstić information content (AvgIpc) is 2.26.